The maximum Gasteiger partial charge on any atom is 0.335 e. The van der Waals surface area contributed by atoms with Gasteiger partial charge < -0.3 is 10.0 Å². The average Bonchev–Trinajstić information content (AvgIpc) is 3.03. The minimum atomic E-state index is -0.932. The minimum Gasteiger partial charge on any atom is -0.478 e. The molecule has 1 N–H and O–H groups in total. The molecule has 0 aliphatic carbocycles. The zero-order valence-corrected chi connectivity index (χ0v) is 15.0. The van der Waals surface area contributed by atoms with Gasteiger partial charge in [0.25, 0.3) is 5.91 Å². The number of piperidine rings is 1. The van der Waals surface area contributed by atoms with Gasteiger partial charge >= 0.3 is 5.97 Å². The lowest BCUT2D eigenvalue weighted by Crippen LogP contribution is -2.39. The van der Waals surface area contributed by atoms with E-state index >= 15 is 0 Å². The second kappa shape index (κ2) is 6.83. The first-order chi connectivity index (χ1) is 13.0. The molecule has 0 unspecified atom stereocenters. The molecule has 0 saturated carbocycles. The van der Waals surface area contributed by atoms with Crippen LogP contribution in [-0.4, -0.2) is 49.3 Å². The Balaban J connectivity index is 1.58. The van der Waals surface area contributed by atoms with Gasteiger partial charge in [0.15, 0.2) is 0 Å². The van der Waals surface area contributed by atoms with Crippen molar-refractivity contribution in [3.8, 4) is 0 Å². The lowest BCUT2D eigenvalue weighted by atomic mass is 9.90. The third-order valence-corrected chi connectivity index (χ3v) is 5.12. The van der Waals surface area contributed by atoms with Crippen molar-refractivity contribution in [1.29, 1.82) is 0 Å². The van der Waals surface area contributed by atoms with Crippen LogP contribution in [0.25, 0.3) is 5.78 Å². The quantitative estimate of drug-likeness (QED) is 0.772. The highest BCUT2D eigenvalue weighted by Gasteiger charge is 2.28. The number of carboxylic acids is 1. The van der Waals surface area contributed by atoms with Gasteiger partial charge in [-0.2, -0.15) is 0 Å². The molecule has 1 aliphatic rings. The number of rotatable bonds is 3. The van der Waals surface area contributed by atoms with E-state index in [0.29, 0.717) is 30.3 Å². The Morgan fingerprint density at radius 3 is 2.74 bits per heavy atom. The fraction of sp³-hybridized carbons (Fsp3) is 0.300. The Hall–Kier alpha value is -3.22. The molecule has 1 amide bonds. The summed E-state index contributed by atoms with van der Waals surface area (Å²) in [7, 11) is 0. The number of nitrogens with zero attached hydrogens (tertiary/aromatic N) is 4. The van der Waals surface area contributed by atoms with E-state index in [4.69, 9.17) is 5.11 Å². The van der Waals surface area contributed by atoms with Gasteiger partial charge in [0.05, 0.1) is 11.3 Å². The van der Waals surface area contributed by atoms with Crippen molar-refractivity contribution in [2.24, 2.45) is 0 Å². The summed E-state index contributed by atoms with van der Waals surface area (Å²) in [4.78, 5) is 34.7. The molecule has 3 heterocycles. The molecule has 138 valence electrons. The summed E-state index contributed by atoms with van der Waals surface area (Å²) in [5.74, 6) is -0.252. The summed E-state index contributed by atoms with van der Waals surface area (Å²) in [6.45, 7) is 3.14. The fourth-order valence-corrected chi connectivity index (χ4v) is 3.74. The number of hydrogen-bond donors (Lipinski definition) is 1. The smallest absolute Gasteiger partial charge is 0.335 e. The number of carboxylic acid groups (broad SMARTS) is 1. The van der Waals surface area contributed by atoms with Crippen LogP contribution < -0.4 is 0 Å². The summed E-state index contributed by atoms with van der Waals surface area (Å²) in [5, 5.41) is 9.05. The number of likely N-dealkylation sites (tertiary alicyclic amines) is 1. The molecule has 1 atom stereocenters. The number of imidazole rings is 1. The summed E-state index contributed by atoms with van der Waals surface area (Å²) in [6, 6.07) is 8.74. The largest absolute Gasteiger partial charge is 0.478 e. The van der Waals surface area contributed by atoms with Crippen molar-refractivity contribution in [2.45, 2.75) is 25.7 Å². The third kappa shape index (κ3) is 3.16. The van der Waals surface area contributed by atoms with Crippen LogP contribution in [0.4, 0.5) is 0 Å². The van der Waals surface area contributed by atoms with Gasteiger partial charge in [-0.15, -0.1) is 0 Å². The predicted molar refractivity (Wildman–Crippen MR) is 99.0 cm³/mol. The van der Waals surface area contributed by atoms with Crippen molar-refractivity contribution in [3.05, 3.63) is 65.2 Å². The Morgan fingerprint density at radius 1 is 1.22 bits per heavy atom. The highest BCUT2D eigenvalue weighted by molar-refractivity contribution is 5.94. The van der Waals surface area contributed by atoms with Crippen LogP contribution in [0.2, 0.25) is 0 Å². The van der Waals surface area contributed by atoms with E-state index in [2.05, 4.69) is 9.97 Å². The minimum absolute atomic E-state index is 0.0418. The molecule has 1 fully saturated rings. The van der Waals surface area contributed by atoms with E-state index in [1.807, 2.05) is 30.2 Å². The number of aromatic nitrogens is 3. The summed E-state index contributed by atoms with van der Waals surface area (Å²) in [6.07, 6.45) is 5.35. The zero-order valence-electron chi connectivity index (χ0n) is 15.0. The number of fused-ring (bicyclic) bond motifs is 1. The number of carbonyl (C=O) groups excluding carboxylic acids is 1. The van der Waals surface area contributed by atoms with Crippen molar-refractivity contribution >= 4 is 17.7 Å². The zero-order chi connectivity index (χ0) is 19.0. The number of aryl methyl sites for hydroxylation is 1. The molecule has 2 aromatic heterocycles. The molecular formula is C20H20N4O3. The van der Waals surface area contributed by atoms with E-state index in [0.717, 1.165) is 18.4 Å². The molecule has 1 saturated heterocycles. The molecule has 0 bridgehead atoms. The van der Waals surface area contributed by atoms with Gasteiger partial charge in [0.1, 0.15) is 5.69 Å². The van der Waals surface area contributed by atoms with E-state index in [1.165, 1.54) is 0 Å². The predicted octanol–water partition coefficient (Wildman–Crippen LogP) is 2.76. The molecule has 0 spiro atoms. The van der Waals surface area contributed by atoms with Crippen LogP contribution in [0.5, 0.6) is 0 Å². The van der Waals surface area contributed by atoms with E-state index in [9.17, 15) is 9.59 Å². The maximum atomic E-state index is 13.2. The molecule has 7 heteroatoms. The monoisotopic (exact) mass is 364 g/mol. The van der Waals surface area contributed by atoms with Crippen molar-refractivity contribution in [2.75, 3.05) is 13.1 Å². The number of aromatic carboxylic acids is 1. The standard InChI is InChI=1S/C20H20N4O3/c1-13-17(24-11-3-9-21-20(24)22-13)18(25)23-10-2-4-16(12-23)14-5-7-15(8-6-14)19(26)27/h3,5-9,11,16H,2,4,10,12H2,1H3,(H,26,27)/t16-/m0/s1. The summed E-state index contributed by atoms with van der Waals surface area (Å²) >= 11 is 0. The molecule has 0 radical (unpaired) electrons. The third-order valence-electron chi connectivity index (χ3n) is 5.12. The van der Waals surface area contributed by atoms with Crippen LogP contribution >= 0.6 is 0 Å². The van der Waals surface area contributed by atoms with Crippen molar-refractivity contribution in [1.82, 2.24) is 19.3 Å². The molecule has 1 aliphatic heterocycles. The highest BCUT2D eigenvalue weighted by Crippen LogP contribution is 2.28. The molecule has 4 rings (SSSR count). The Morgan fingerprint density at radius 2 is 2.00 bits per heavy atom. The second-order valence-electron chi connectivity index (χ2n) is 6.85. The van der Waals surface area contributed by atoms with Crippen molar-refractivity contribution in [3.63, 3.8) is 0 Å². The molecular weight excluding hydrogens is 344 g/mol. The van der Waals surface area contributed by atoms with Crippen LogP contribution in [0, 0.1) is 6.92 Å². The van der Waals surface area contributed by atoms with Crippen LogP contribution in [0.3, 0.4) is 0 Å². The van der Waals surface area contributed by atoms with Crippen LogP contribution in [-0.2, 0) is 0 Å². The number of amides is 1. The molecule has 7 nitrogen and oxygen atoms in total. The first kappa shape index (κ1) is 17.2. The van der Waals surface area contributed by atoms with Crippen LogP contribution in [0.1, 0.15) is 50.9 Å². The highest BCUT2D eigenvalue weighted by atomic mass is 16.4. The molecule has 1 aromatic carbocycles. The van der Waals surface area contributed by atoms with Gasteiger partial charge in [-0.25, -0.2) is 14.8 Å². The SMILES string of the molecule is Cc1nc2ncccn2c1C(=O)N1CCC[C@H](c2ccc(C(=O)O)cc2)C1. The lowest BCUT2D eigenvalue weighted by molar-refractivity contribution is 0.0691. The number of hydrogen-bond acceptors (Lipinski definition) is 4. The summed E-state index contributed by atoms with van der Waals surface area (Å²) < 4.78 is 1.74. The number of benzene rings is 1. The molecule has 3 aromatic rings. The topological polar surface area (TPSA) is 87.8 Å². The lowest BCUT2D eigenvalue weighted by Gasteiger charge is -2.33. The first-order valence-electron chi connectivity index (χ1n) is 8.97. The van der Waals surface area contributed by atoms with Gasteiger partial charge in [-0.3, -0.25) is 9.20 Å². The van der Waals surface area contributed by atoms with E-state index < -0.39 is 5.97 Å². The normalized spacial score (nSPS) is 17.2. The Labute approximate surface area is 156 Å². The maximum absolute atomic E-state index is 13.2. The van der Waals surface area contributed by atoms with E-state index in [1.54, 1.807) is 28.8 Å². The Kier molecular flexibility index (Phi) is 4.35. The van der Waals surface area contributed by atoms with Gasteiger partial charge in [-0.05, 0) is 43.5 Å². The van der Waals surface area contributed by atoms with Gasteiger partial charge in [0, 0.05) is 31.4 Å². The number of carbonyl (C=O) groups is 2. The van der Waals surface area contributed by atoms with Gasteiger partial charge in [0.2, 0.25) is 5.78 Å². The summed E-state index contributed by atoms with van der Waals surface area (Å²) in [5.41, 5.74) is 2.57. The second-order valence-corrected chi connectivity index (χ2v) is 6.85. The first-order valence-corrected chi connectivity index (χ1v) is 8.97. The van der Waals surface area contributed by atoms with Gasteiger partial charge in [-0.1, -0.05) is 12.1 Å². The van der Waals surface area contributed by atoms with Crippen LogP contribution in [0.15, 0.2) is 42.7 Å². The average molecular weight is 364 g/mol. The van der Waals surface area contributed by atoms with E-state index in [-0.39, 0.29) is 17.4 Å². The fourth-order valence-electron chi connectivity index (χ4n) is 3.74. The van der Waals surface area contributed by atoms with Crippen molar-refractivity contribution < 1.29 is 14.7 Å². The Bertz CT molecular complexity index is 1010. The molecule has 27 heavy (non-hydrogen) atoms.